The highest BCUT2D eigenvalue weighted by Crippen LogP contribution is 2.27. The lowest BCUT2D eigenvalue weighted by Crippen LogP contribution is -2.20. The van der Waals surface area contributed by atoms with Gasteiger partial charge in [-0.15, -0.1) is 0 Å². The van der Waals surface area contributed by atoms with Gasteiger partial charge in [-0.05, 0) is 35.4 Å². The largest absolute Gasteiger partial charge is 0.346 e. The van der Waals surface area contributed by atoms with E-state index in [1.165, 1.54) is 6.07 Å². The molecule has 164 valence electrons. The van der Waals surface area contributed by atoms with Gasteiger partial charge in [-0.3, -0.25) is 0 Å². The Bertz CT molecular complexity index is 1400. The molecule has 0 aliphatic heterocycles. The van der Waals surface area contributed by atoms with Crippen molar-refractivity contribution < 1.29 is 8.78 Å². The van der Waals surface area contributed by atoms with E-state index < -0.39 is 11.6 Å². The van der Waals surface area contributed by atoms with Crippen molar-refractivity contribution in [2.24, 2.45) is 0 Å². The summed E-state index contributed by atoms with van der Waals surface area (Å²) in [6.45, 7) is 0.0829. The minimum atomic E-state index is -0.884. The van der Waals surface area contributed by atoms with Crippen LogP contribution < -0.4 is 4.90 Å². The summed E-state index contributed by atoms with van der Waals surface area (Å²) in [6, 6.07) is 15.4. The van der Waals surface area contributed by atoms with E-state index in [2.05, 4.69) is 19.9 Å². The number of pyridine rings is 1. The quantitative estimate of drug-likeness (QED) is 0.326. The lowest BCUT2D eigenvalue weighted by atomic mass is 10.1. The molecule has 0 bridgehead atoms. The van der Waals surface area contributed by atoms with E-state index in [9.17, 15) is 8.78 Å². The molecule has 5 nitrogen and oxygen atoms in total. The zero-order valence-electron chi connectivity index (χ0n) is 17.3. The van der Waals surface area contributed by atoms with Gasteiger partial charge in [0, 0.05) is 47.8 Å². The molecule has 0 saturated carbocycles. The molecule has 0 aliphatic rings. The molecule has 3 aromatic heterocycles. The zero-order chi connectivity index (χ0) is 22.8. The molecule has 0 spiro atoms. The van der Waals surface area contributed by atoms with Crippen molar-refractivity contribution in [1.29, 1.82) is 0 Å². The summed E-state index contributed by atoms with van der Waals surface area (Å²) >= 11 is 6.09. The molecule has 0 atom stereocenters. The summed E-state index contributed by atoms with van der Waals surface area (Å²) < 4.78 is 28.1. The van der Waals surface area contributed by atoms with E-state index in [4.69, 9.17) is 11.6 Å². The van der Waals surface area contributed by atoms with Crippen LogP contribution in [0.3, 0.4) is 0 Å². The number of anilines is 2. The normalized spacial score (nSPS) is 11.1. The Kier molecular flexibility index (Phi) is 5.71. The van der Waals surface area contributed by atoms with Crippen LogP contribution in [0.4, 0.5) is 20.4 Å². The standard InChI is InChI=1S/C25H18ClF2N5/c26-19-10-21-18(13-29-24(21)30-14-19)9-16-11-31-25(32-12-16)33(20-6-2-1-3-7-20)15-17-5-4-8-22(27)23(17)28/h1-8,10-14H,9,15H2,(H,29,30). The molecule has 2 aromatic carbocycles. The first-order valence-corrected chi connectivity index (χ1v) is 10.6. The molecule has 5 rings (SSSR count). The van der Waals surface area contributed by atoms with Crippen LogP contribution in [-0.4, -0.2) is 19.9 Å². The zero-order valence-corrected chi connectivity index (χ0v) is 18.1. The lowest BCUT2D eigenvalue weighted by molar-refractivity contribution is 0.498. The molecule has 0 saturated heterocycles. The molecule has 0 amide bonds. The van der Waals surface area contributed by atoms with Crippen molar-refractivity contribution in [1.82, 2.24) is 19.9 Å². The fourth-order valence-electron chi connectivity index (χ4n) is 3.70. The third-order valence-corrected chi connectivity index (χ3v) is 5.55. The summed E-state index contributed by atoms with van der Waals surface area (Å²) in [6.07, 6.45) is 7.55. The lowest BCUT2D eigenvalue weighted by Gasteiger charge is -2.23. The number of aromatic amines is 1. The van der Waals surface area contributed by atoms with Gasteiger partial charge in [-0.2, -0.15) is 0 Å². The van der Waals surface area contributed by atoms with Crippen LogP contribution in [0.1, 0.15) is 16.7 Å². The van der Waals surface area contributed by atoms with Gasteiger partial charge < -0.3 is 9.88 Å². The Balaban J connectivity index is 1.45. The number of hydrogen-bond acceptors (Lipinski definition) is 4. The first-order valence-electron chi connectivity index (χ1n) is 10.3. The first-order chi connectivity index (χ1) is 16.1. The molecule has 0 radical (unpaired) electrons. The van der Waals surface area contributed by atoms with Crippen molar-refractivity contribution in [3.05, 3.63) is 113 Å². The molecular weight excluding hydrogens is 444 g/mol. The van der Waals surface area contributed by atoms with Gasteiger partial charge in [0.1, 0.15) is 5.65 Å². The number of hydrogen-bond donors (Lipinski definition) is 1. The van der Waals surface area contributed by atoms with E-state index in [0.717, 1.165) is 33.9 Å². The molecule has 0 aliphatic carbocycles. The molecule has 3 heterocycles. The van der Waals surface area contributed by atoms with E-state index in [0.29, 0.717) is 17.4 Å². The fraction of sp³-hybridized carbons (Fsp3) is 0.0800. The smallest absolute Gasteiger partial charge is 0.230 e. The molecule has 0 fully saturated rings. The highest BCUT2D eigenvalue weighted by Gasteiger charge is 2.17. The fourth-order valence-corrected chi connectivity index (χ4v) is 3.86. The predicted octanol–water partition coefficient (Wildman–Crippen LogP) is 6.21. The summed E-state index contributed by atoms with van der Waals surface area (Å²) in [5.41, 5.74) is 3.67. The summed E-state index contributed by atoms with van der Waals surface area (Å²) in [7, 11) is 0. The maximum Gasteiger partial charge on any atom is 0.230 e. The second-order valence-corrected chi connectivity index (χ2v) is 8.00. The Labute approximate surface area is 193 Å². The van der Waals surface area contributed by atoms with E-state index in [1.807, 2.05) is 42.6 Å². The van der Waals surface area contributed by atoms with Gasteiger partial charge in [-0.25, -0.2) is 23.7 Å². The summed E-state index contributed by atoms with van der Waals surface area (Å²) in [5.74, 6) is -1.37. The molecule has 1 N–H and O–H groups in total. The first kappa shape index (κ1) is 21.0. The molecule has 8 heteroatoms. The van der Waals surface area contributed by atoms with Crippen LogP contribution >= 0.6 is 11.6 Å². The van der Waals surface area contributed by atoms with Crippen molar-refractivity contribution in [3.8, 4) is 0 Å². The number of halogens is 3. The number of nitrogens with one attached hydrogen (secondary N) is 1. The summed E-state index contributed by atoms with van der Waals surface area (Å²) in [5, 5.41) is 1.51. The third-order valence-electron chi connectivity index (χ3n) is 5.34. The topological polar surface area (TPSA) is 57.7 Å². The minimum Gasteiger partial charge on any atom is -0.346 e. The molecule has 5 aromatic rings. The highest BCUT2D eigenvalue weighted by molar-refractivity contribution is 6.31. The van der Waals surface area contributed by atoms with Crippen molar-refractivity contribution in [3.63, 3.8) is 0 Å². The molecule has 0 unspecified atom stereocenters. The Morgan fingerprint density at radius 2 is 1.67 bits per heavy atom. The number of para-hydroxylation sites is 1. The van der Waals surface area contributed by atoms with Gasteiger partial charge in [0.15, 0.2) is 11.6 Å². The monoisotopic (exact) mass is 461 g/mol. The van der Waals surface area contributed by atoms with E-state index in [-0.39, 0.29) is 12.1 Å². The van der Waals surface area contributed by atoms with Crippen molar-refractivity contribution in [2.45, 2.75) is 13.0 Å². The van der Waals surface area contributed by atoms with E-state index in [1.54, 1.807) is 29.6 Å². The van der Waals surface area contributed by atoms with Crippen molar-refractivity contribution >= 4 is 34.3 Å². The van der Waals surface area contributed by atoms with Crippen LogP contribution in [0.15, 0.2) is 79.4 Å². The number of benzene rings is 2. The van der Waals surface area contributed by atoms with Crippen LogP contribution in [0.5, 0.6) is 0 Å². The Hall–Kier alpha value is -3.84. The molecular formula is C25H18ClF2N5. The summed E-state index contributed by atoms with van der Waals surface area (Å²) in [4.78, 5) is 18.2. The molecule has 33 heavy (non-hydrogen) atoms. The van der Waals surface area contributed by atoms with Gasteiger partial charge in [0.25, 0.3) is 0 Å². The van der Waals surface area contributed by atoms with Crippen LogP contribution in [-0.2, 0) is 13.0 Å². The minimum absolute atomic E-state index is 0.0829. The second-order valence-electron chi connectivity index (χ2n) is 7.57. The average molecular weight is 462 g/mol. The number of H-pyrrole nitrogens is 1. The van der Waals surface area contributed by atoms with E-state index >= 15 is 0 Å². The van der Waals surface area contributed by atoms with Gasteiger partial charge in [0.2, 0.25) is 5.95 Å². The Morgan fingerprint density at radius 3 is 2.45 bits per heavy atom. The maximum atomic E-state index is 14.4. The van der Waals surface area contributed by atoms with Crippen LogP contribution in [0.2, 0.25) is 5.02 Å². The third kappa shape index (κ3) is 4.40. The van der Waals surface area contributed by atoms with Gasteiger partial charge >= 0.3 is 0 Å². The number of fused-ring (bicyclic) bond motifs is 1. The SMILES string of the molecule is Fc1cccc(CN(c2ccccc2)c2ncc(Cc3c[nH]c4ncc(Cl)cc34)cn2)c1F. The maximum absolute atomic E-state index is 14.4. The number of aromatic nitrogens is 4. The van der Waals surface area contributed by atoms with Crippen LogP contribution in [0.25, 0.3) is 11.0 Å². The van der Waals surface area contributed by atoms with Gasteiger partial charge in [-0.1, -0.05) is 41.9 Å². The van der Waals surface area contributed by atoms with Crippen LogP contribution in [0, 0.1) is 11.6 Å². The average Bonchev–Trinajstić information content (AvgIpc) is 3.23. The van der Waals surface area contributed by atoms with Gasteiger partial charge in [0.05, 0.1) is 11.6 Å². The highest BCUT2D eigenvalue weighted by atomic mass is 35.5. The number of rotatable bonds is 6. The number of nitrogens with zero attached hydrogens (tertiary/aromatic N) is 4. The second kappa shape index (κ2) is 8.96. The predicted molar refractivity (Wildman–Crippen MR) is 125 cm³/mol. The Morgan fingerprint density at radius 1 is 0.879 bits per heavy atom. The van der Waals surface area contributed by atoms with Crippen molar-refractivity contribution in [2.75, 3.05) is 4.90 Å².